The third-order valence-corrected chi connectivity index (χ3v) is 3.01. The van der Waals surface area contributed by atoms with Crippen LogP contribution in [0.3, 0.4) is 0 Å². The van der Waals surface area contributed by atoms with E-state index in [9.17, 15) is 9.59 Å². The SMILES string of the molecule is CC1(C)C2CC(=O)C(=O)C21. The van der Waals surface area contributed by atoms with Gasteiger partial charge in [0.15, 0.2) is 5.78 Å². The van der Waals surface area contributed by atoms with Crippen LogP contribution in [0.2, 0.25) is 0 Å². The molecular formula is C8H10O2. The lowest BCUT2D eigenvalue weighted by Gasteiger charge is -2.03. The topological polar surface area (TPSA) is 34.1 Å². The van der Waals surface area contributed by atoms with E-state index >= 15 is 0 Å². The van der Waals surface area contributed by atoms with Crippen molar-refractivity contribution < 1.29 is 9.59 Å². The average Bonchev–Trinajstić information content (AvgIpc) is 2.12. The van der Waals surface area contributed by atoms with Gasteiger partial charge in [0.2, 0.25) is 5.78 Å². The number of carbonyl (C=O) groups excluding carboxylic acids is 2. The zero-order valence-electron chi connectivity index (χ0n) is 6.18. The number of Topliss-reactive ketones (excluding diaryl/α,β-unsaturated/α-hetero) is 2. The Labute approximate surface area is 59.6 Å². The maximum absolute atomic E-state index is 11.0. The largest absolute Gasteiger partial charge is 0.291 e. The number of ketones is 2. The summed E-state index contributed by atoms with van der Waals surface area (Å²) in [5.41, 5.74) is 0.144. The quantitative estimate of drug-likeness (QED) is 0.464. The van der Waals surface area contributed by atoms with Crippen LogP contribution < -0.4 is 0 Å². The number of rotatable bonds is 0. The second kappa shape index (κ2) is 1.34. The first-order valence-corrected chi connectivity index (χ1v) is 3.62. The zero-order valence-corrected chi connectivity index (χ0v) is 6.18. The second-order valence-corrected chi connectivity index (χ2v) is 3.90. The molecule has 0 radical (unpaired) electrons. The third-order valence-electron chi connectivity index (χ3n) is 3.01. The van der Waals surface area contributed by atoms with Gasteiger partial charge in [-0.05, 0) is 11.3 Å². The van der Waals surface area contributed by atoms with Crippen molar-refractivity contribution in [3.05, 3.63) is 0 Å². The van der Waals surface area contributed by atoms with Crippen LogP contribution in [0.25, 0.3) is 0 Å². The first-order valence-electron chi connectivity index (χ1n) is 3.62. The van der Waals surface area contributed by atoms with E-state index < -0.39 is 0 Å². The van der Waals surface area contributed by atoms with Crippen molar-refractivity contribution in [3.63, 3.8) is 0 Å². The predicted octanol–water partition coefficient (Wildman–Crippen LogP) is 0.800. The Morgan fingerprint density at radius 1 is 1.40 bits per heavy atom. The van der Waals surface area contributed by atoms with Gasteiger partial charge >= 0.3 is 0 Å². The van der Waals surface area contributed by atoms with Crippen LogP contribution >= 0.6 is 0 Å². The van der Waals surface area contributed by atoms with E-state index in [4.69, 9.17) is 0 Å². The molecule has 0 amide bonds. The summed E-state index contributed by atoms with van der Waals surface area (Å²) in [7, 11) is 0. The maximum atomic E-state index is 11.0. The van der Waals surface area contributed by atoms with E-state index in [0.29, 0.717) is 12.3 Å². The minimum absolute atomic E-state index is 0.0833. The van der Waals surface area contributed by atoms with E-state index in [2.05, 4.69) is 13.8 Å². The molecule has 0 aromatic rings. The number of carbonyl (C=O) groups is 2. The summed E-state index contributed by atoms with van der Waals surface area (Å²) in [5.74, 6) is 0.205. The summed E-state index contributed by atoms with van der Waals surface area (Å²) in [6.07, 6.45) is 0.510. The minimum atomic E-state index is -0.144. The summed E-state index contributed by atoms with van der Waals surface area (Å²) in [5, 5.41) is 0. The Balaban J connectivity index is 2.29. The van der Waals surface area contributed by atoms with Crippen LogP contribution in [-0.2, 0) is 9.59 Å². The van der Waals surface area contributed by atoms with E-state index in [1.165, 1.54) is 0 Å². The summed E-state index contributed by atoms with van der Waals surface area (Å²) in [6.45, 7) is 4.12. The van der Waals surface area contributed by atoms with Crippen molar-refractivity contribution in [2.75, 3.05) is 0 Å². The zero-order chi connectivity index (χ0) is 7.52. The minimum Gasteiger partial charge on any atom is -0.291 e. The molecule has 0 aliphatic heterocycles. The number of hydrogen-bond acceptors (Lipinski definition) is 2. The van der Waals surface area contributed by atoms with Crippen LogP contribution in [0, 0.1) is 17.3 Å². The molecule has 0 aromatic heterocycles. The van der Waals surface area contributed by atoms with E-state index in [1.54, 1.807) is 0 Å². The van der Waals surface area contributed by atoms with Crippen LogP contribution in [0.1, 0.15) is 20.3 Å². The molecule has 2 aliphatic rings. The summed E-state index contributed by atoms with van der Waals surface area (Å²) < 4.78 is 0. The fourth-order valence-corrected chi connectivity index (χ4v) is 2.12. The molecule has 0 heterocycles. The Morgan fingerprint density at radius 2 is 2.00 bits per heavy atom. The van der Waals surface area contributed by atoms with E-state index in [1.807, 2.05) is 0 Å². The van der Waals surface area contributed by atoms with Crippen molar-refractivity contribution in [2.45, 2.75) is 20.3 Å². The standard InChI is InChI=1S/C8H10O2/c1-8(2)4-3-5(9)7(10)6(4)8/h4,6H,3H2,1-2H3. The molecule has 0 bridgehead atoms. The van der Waals surface area contributed by atoms with Crippen molar-refractivity contribution in [1.29, 1.82) is 0 Å². The van der Waals surface area contributed by atoms with Gasteiger partial charge in [0.05, 0.1) is 0 Å². The molecule has 0 saturated heterocycles. The monoisotopic (exact) mass is 138 g/mol. The van der Waals surface area contributed by atoms with E-state index in [0.717, 1.165) is 0 Å². The molecular weight excluding hydrogens is 128 g/mol. The molecule has 0 spiro atoms. The smallest absolute Gasteiger partial charge is 0.202 e. The van der Waals surface area contributed by atoms with Crippen LogP contribution in [0.4, 0.5) is 0 Å². The molecule has 2 rings (SSSR count). The third kappa shape index (κ3) is 0.459. The molecule has 2 heteroatoms. The summed E-state index contributed by atoms with van der Waals surface area (Å²) >= 11 is 0. The molecule has 2 aliphatic carbocycles. The maximum Gasteiger partial charge on any atom is 0.202 e. The van der Waals surface area contributed by atoms with Crippen molar-refractivity contribution >= 4 is 11.6 Å². The van der Waals surface area contributed by atoms with Gasteiger partial charge in [-0.2, -0.15) is 0 Å². The fraction of sp³-hybridized carbons (Fsp3) is 0.750. The van der Waals surface area contributed by atoms with Gasteiger partial charge in [0.1, 0.15) is 0 Å². The Hall–Kier alpha value is -0.660. The predicted molar refractivity (Wildman–Crippen MR) is 35.4 cm³/mol. The Kier molecular flexibility index (Phi) is 0.812. The lowest BCUT2D eigenvalue weighted by atomic mass is 10.00. The highest BCUT2D eigenvalue weighted by Crippen LogP contribution is 2.63. The van der Waals surface area contributed by atoms with Crippen LogP contribution in [-0.4, -0.2) is 11.6 Å². The van der Waals surface area contributed by atoms with Crippen LogP contribution in [0.15, 0.2) is 0 Å². The number of hydrogen-bond donors (Lipinski definition) is 0. The summed E-state index contributed by atoms with van der Waals surface area (Å²) in [6, 6.07) is 0. The molecule has 0 aromatic carbocycles. The van der Waals surface area contributed by atoms with Gasteiger partial charge in [-0.1, -0.05) is 13.8 Å². The highest BCUT2D eigenvalue weighted by Gasteiger charge is 2.67. The molecule has 2 atom stereocenters. The highest BCUT2D eigenvalue weighted by atomic mass is 16.2. The Bertz CT molecular complexity index is 227. The molecule has 54 valence electrons. The lowest BCUT2D eigenvalue weighted by molar-refractivity contribution is -0.136. The van der Waals surface area contributed by atoms with Crippen LogP contribution in [0.5, 0.6) is 0 Å². The van der Waals surface area contributed by atoms with Gasteiger partial charge in [-0.25, -0.2) is 0 Å². The van der Waals surface area contributed by atoms with Gasteiger partial charge in [0, 0.05) is 12.3 Å². The molecule has 0 N–H and O–H groups in total. The highest BCUT2D eigenvalue weighted by molar-refractivity contribution is 6.41. The van der Waals surface area contributed by atoms with Crippen molar-refractivity contribution in [1.82, 2.24) is 0 Å². The van der Waals surface area contributed by atoms with Gasteiger partial charge < -0.3 is 0 Å². The normalized spacial score (nSPS) is 41.8. The molecule has 2 unspecified atom stereocenters. The van der Waals surface area contributed by atoms with E-state index in [-0.39, 0.29) is 22.9 Å². The van der Waals surface area contributed by atoms with Gasteiger partial charge in [-0.15, -0.1) is 0 Å². The molecule has 10 heavy (non-hydrogen) atoms. The van der Waals surface area contributed by atoms with Crippen molar-refractivity contribution in [3.8, 4) is 0 Å². The molecule has 2 saturated carbocycles. The fourth-order valence-electron chi connectivity index (χ4n) is 2.12. The van der Waals surface area contributed by atoms with Gasteiger partial charge in [0.25, 0.3) is 0 Å². The first-order chi connectivity index (χ1) is 4.55. The van der Waals surface area contributed by atoms with Gasteiger partial charge in [-0.3, -0.25) is 9.59 Å². The second-order valence-electron chi connectivity index (χ2n) is 3.90. The first kappa shape index (κ1) is 6.08. The van der Waals surface area contributed by atoms with Crippen molar-refractivity contribution in [2.24, 2.45) is 17.3 Å². The number of fused-ring (bicyclic) bond motifs is 1. The lowest BCUT2D eigenvalue weighted by Crippen LogP contribution is -2.15. The summed E-state index contributed by atoms with van der Waals surface area (Å²) in [4.78, 5) is 21.8. The molecule has 2 nitrogen and oxygen atoms in total. The average molecular weight is 138 g/mol. The Morgan fingerprint density at radius 3 is 2.30 bits per heavy atom. The molecule has 2 fully saturated rings.